The molecular weight excluding hydrogens is 206 g/mol. The van der Waals surface area contributed by atoms with Gasteiger partial charge in [-0.15, -0.1) is 0 Å². The maximum Gasteiger partial charge on any atom is 0.336 e. The van der Waals surface area contributed by atoms with E-state index in [-0.39, 0.29) is 5.92 Å². The first-order chi connectivity index (χ1) is 7.68. The van der Waals surface area contributed by atoms with Crippen LogP contribution in [0.2, 0.25) is 0 Å². The molecule has 0 atom stereocenters. The number of hydrogen-bond donors (Lipinski definition) is 2. The zero-order valence-electron chi connectivity index (χ0n) is 8.98. The molecule has 16 heavy (non-hydrogen) atoms. The lowest BCUT2D eigenvalue weighted by atomic mass is 9.88. The molecule has 0 amide bonds. The summed E-state index contributed by atoms with van der Waals surface area (Å²) >= 11 is 0. The first-order valence-corrected chi connectivity index (χ1v) is 5.39. The highest BCUT2D eigenvalue weighted by molar-refractivity contribution is 5.90. The van der Waals surface area contributed by atoms with Crippen LogP contribution in [-0.4, -0.2) is 24.3 Å². The van der Waals surface area contributed by atoms with Crippen molar-refractivity contribution in [3.63, 3.8) is 0 Å². The number of rotatable bonds is 2. The summed E-state index contributed by atoms with van der Waals surface area (Å²) in [5.41, 5.74) is 7.31. The van der Waals surface area contributed by atoms with Crippen molar-refractivity contribution < 1.29 is 14.6 Å². The minimum atomic E-state index is -0.909. The quantitative estimate of drug-likeness (QED) is 0.748. The van der Waals surface area contributed by atoms with Crippen LogP contribution < -0.4 is 5.73 Å². The average molecular weight is 221 g/mol. The molecule has 2 rings (SSSR count). The number of hydrogen-bond acceptors (Lipinski definition) is 3. The number of benzene rings is 1. The summed E-state index contributed by atoms with van der Waals surface area (Å²) in [7, 11) is 0. The fourth-order valence-corrected chi connectivity index (χ4v) is 2.12. The molecule has 0 spiro atoms. The lowest BCUT2D eigenvalue weighted by Gasteiger charge is -2.23. The second kappa shape index (κ2) is 4.53. The van der Waals surface area contributed by atoms with Gasteiger partial charge in [0.05, 0.1) is 5.56 Å². The molecule has 0 saturated carbocycles. The normalized spacial score (nSPS) is 17.2. The van der Waals surface area contributed by atoms with Crippen molar-refractivity contribution in [2.24, 2.45) is 0 Å². The molecule has 1 aromatic rings. The van der Waals surface area contributed by atoms with Crippen LogP contribution in [-0.2, 0) is 4.74 Å². The maximum atomic E-state index is 11.1. The molecule has 1 heterocycles. The van der Waals surface area contributed by atoms with Crippen LogP contribution in [0.3, 0.4) is 0 Å². The van der Waals surface area contributed by atoms with E-state index in [1.807, 2.05) is 6.07 Å². The molecule has 4 nitrogen and oxygen atoms in total. The summed E-state index contributed by atoms with van der Waals surface area (Å²) in [6, 6.07) is 5.12. The third kappa shape index (κ3) is 2.17. The van der Waals surface area contributed by atoms with Gasteiger partial charge in [-0.25, -0.2) is 4.79 Å². The summed E-state index contributed by atoms with van der Waals surface area (Å²) in [4.78, 5) is 11.1. The molecule has 1 aliphatic rings. The third-order valence-electron chi connectivity index (χ3n) is 2.97. The fourth-order valence-electron chi connectivity index (χ4n) is 2.12. The number of ether oxygens (including phenoxy) is 1. The van der Waals surface area contributed by atoms with Crippen LogP contribution >= 0.6 is 0 Å². The lowest BCUT2D eigenvalue weighted by Crippen LogP contribution is -2.17. The largest absolute Gasteiger partial charge is 0.478 e. The highest BCUT2D eigenvalue weighted by Gasteiger charge is 2.21. The van der Waals surface area contributed by atoms with Crippen LogP contribution in [0.15, 0.2) is 18.2 Å². The van der Waals surface area contributed by atoms with E-state index >= 15 is 0 Å². The van der Waals surface area contributed by atoms with E-state index in [0.717, 1.165) is 18.4 Å². The standard InChI is InChI=1S/C12H15NO3/c13-9-1-2-10(11(7-9)12(14)15)8-3-5-16-6-4-8/h1-2,7-8H,3-6,13H2,(H,14,15). The Morgan fingerprint density at radius 1 is 1.38 bits per heavy atom. The number of anilines is 1. The SMILES string of the molecule is Nc1ccc(C2CCOCC2)c(C(=O)O)c1. The highest BCUT2D eigenvalue weighted by Crippen LogP contribution is 2.30. The number of aromatic carboxylic acids is 1. The minimum Gasteiger partial charge on any atom is -0.478 e. The van der Waals surface area contributed by atoms with Gasteiger partial charge >= 0.3 is 5.97 Å². The molecule has 86 valence electrons. The molecule has 1 fully saturated rings. The number of carbonyl (C=O) groups is 1. The highest BCUT2D eigenvalue weighted by atomic mass is 16.5. The number of nitrogens with two attached hydrogens (primary N) is 1. The van der Waals surface area contributed by atoms with E-state index in [4.69, 9.17) is 15.6 Å². The van der Waals surface area contributed by atoms with Gasteiger partial charge < -0.3 is 15.6 Å². The predicted octanol–water partition coefficient (Wildman–Crippen LogP) is 1.86. The molecule has 0 aliphatic carbocycles. The molecule has 0 aromatic heterocycles. The van der Waals surface area contributed by atoms with E-state index in [9.17, 15) is 4.79 Å². The van der Waals surface area contributed by atoms with E-state index in [1.165, 1.54) is 6.07 Å². The van der Waals surface area contributed by atoms with Gasteiger partial charge in [-0.3, -0.25) is 0 Å². The second-order valence-corrected chi connectivity index (χ2v) is 4.04. The fraction of sp³-hybridized carbons (Fsp3) is 0.417. The zero-order chi connectivity index (χ0) is 11.5. The van der Waals surface area contributed by atoms with Crippen molar-refractivity contribution in [1.82, 2.24) is 0 Å². The Bertz CT molecular complexity index is 397. The summed E-state index contributed by atoms with van der Waals surface area (Å²) in [6.07, 6.45) is 1.76. The molecule has 0 bridgehead atoms. The Kier molecular flexibility index (Phi) is 3.10. The first-order valence-electron chi connectivity index (χ1n) is 5.39. The van der Waals surface area contributed by atoms with E-state index in [0.29, 0.717) is 24.5 Å². The molecule has 0 unspecified atom stereocenters. The summed E-state index contributed by atoms with van der Waals surface area (Å²) in [5, 5.41) is 9.13. The summed E-state index contributed by atoms with van der Waals surface area (Å²) in [5.74, 6) is -0.630. The van der Waals surface area contributed by atoms with Crippen LogP contribution in [0.25, 0.3) is 0 Å². The molecule has 1 aromatic carbocycles. The zero-order valence-corrected chi connectivity index (χ0v) is 8.98. The van der Waals surface area contributed by atoms with E-state index in [1.54, 1.807) is 6.07 Å². The van der Waals surface area contributed by atoms with Crippen molar-refractivity contribution in [2.45, 2.75) is 18.8 Å². The maximum absolute atomic E-state index is 11.1. The Balaban J connectivity index is 2.34. The van der Waals surface area contributed by atoms with Gasteiger partial charge in [-0.1, -0.05) is 6.07 Å². The van der Waals surface area contributed by atoms with Gasteiger partial charge in [0.1, 0.15) is 0 Å². The Morgan fingerprint density at radius 2 is 2.06 bits per heavy atom. The average Bonchev–Trinajstić information content (AvgIpc) is 2.30. The van der Waals surface area contributed by atoms with Gasteiger partial charge in [0.25, 0.3) is 0 Å². The van der Waals surface area contributed by atoms with E-state index in [2.05, 4.69) is 0 Å². The topological polar surface area (TPSA) is 72.5 Å². The van der Waals surface area contributed by atoms with Gasteiger partial charge in [0, 0.05) is 18.9 Å². The van der Waals surface area contributed by atoms with Crippen LogP contribution in [0.4, 0.5) is 5.69 Å². The first kappa shape index (κ1) is 11.0. The Morgan fingerprint density at radius 3 is 2.69 bits per heavy atom. The van der Waals surface area contributed by atoms with Crippen molar-refractivity contribution >= 4 is 11.7 Å². The minimum absolute atomic E-state index is 0.278. The number of carboxylic acids is 1. The molecule has 1 saturated heterocycles. The second-order valence-electron chi connectivity index (χ2n) is 4.04. The molecule has 0 radical (unpaired) electrons. The van der Waals surface area contributed by atoms with Crippen LogP contribution in [0.5, 0.6) is 0 Å². The molecule has 3 N–H and O–H groups in total. The smallest absolute Gasteiger partial charge is 0.336 e. The van der Waals surface area contributed by atoms with Crippen molar-refractivity contribution in [2.75, 3.05) is 18.9 Å². The predicted molar refractivity (Wildman–Crippen MR) is 60.6 cm³/mol. The van der Waals surface area contributed by atoms with Gasteiger partial charge in [-0.2, -0.15) is 0 Å². The van der Waals surface area contributed by atoms with Crippen LogP contribution in [0, 0.1) is 0 Å². The number of nitrogen functional groups attached to an aromatic ring is 1. The lowest BCUT2D eigenvalue weighted by molar-refractivity contribution is 0.0685. The van der Waals surface area contributed by atoms with Gasteiger partial charge in [0.2, 0.25) is 0 Å². The monoisotopic (exact) mass is 221 g/mol. The third-order valence-corrected chi connectivity index (χ3v) is 2.97. The summed E-state index contributed by atoms with van der Waals surface area (Å²) < 4.78 is 5.27. The Hall–Kier alpha value is -1.55. The molecule has 4 heteroatoms. The van der Waals surface area contributed by atoms with Crippen LogP contribution in [0.1, 0.15) is 34.7 Å². The van der Waals surface area contributed by atoms with Gasteiger partial charge in [0.15, 0.2) is 0 Å². The van der Waals surface area contributed by atoms with E-state index < -0.39 is 5.97 Å². The Labute approximate surface area is 94.0 Å². The van der Waals surface area contributed by atoms with Gasteiger partial charge in [-0.05, 0) is 36.5 Å². The number of carboxylic acid groups (broad SMARTS) is 1. The van der Waals surface area contributed by atoms with Crippen molar-refractivity contribution in [1.29, 1.82) is 0 Å². The molecule has 1 aliphatic heterocycles. The van der Waals surface area contributed by atoms with Crippen molar-refractivity contribution in [3.05, 3.63) is 29.3 Å². The summed E-state index contributed by atoms with van der Waals surface area (Å²) in [6.45, 7) is 1.40. The van der Waals surface area contributed by atoms with Crippen molar-refractivity contribution in [3.8, 4) is 0 Å². The molecular formula is C12H15NO3.